The topological polar surface area (TPSA) is 60.9 Å². The van der Waals surface area contributed by atoms with E-state index in [9.17, 15) is 4.79 Å². The first-order chi connectivity index (χ1) is 8.49. The summed E-state index contributed by atoms with van der Waals surface area (Å²) in [6, 6.07) is 2.00. The second-order valence-electron chi connectivity index (χ2n) is 4.33. The third-order valence-electron chi connectivity index (χ3n) is 2.79. The van der Waals surface area contributed by atoms with Crippen molar-refractivity contribution in [3.05, 3.63) is 56.2 Å². The molecule has 0 unspecified atom stereocenters. The summed E-state index contributed by atoms with van der Waals surface area (Å²) in [4.78, 5) is 16.2. The summed E-state index contributed by atoms with van der Waals surface area (Å²) in [6.45, 7) is 4.26. The molecule has 18 heavy (non-hydrogen) atoms. The van der Waals surface area contributed by atoms with Gasteiger partial charge in [0.1, 0.15) is 0 Å². The number of halogens is 1. The molecule has 2 heterocycles. The van der Waals surface area contributed by atoms with Gasteiger partial charge in [0, 0.05) is 18.6 Å². The van der Waals surface area contributed by atoms with E-state index in [1.54, 1.807) is 23.2 Å². The molecule has 0 bridgehead atoms. The highest BCUT2D eigenvalue weighted by molar-refractivity contribution is 9.10. The quantitative estimate of drug-likeness (QED) is 0.925. The zero-order chi connectivity index (χ0) is 13.3. The molecule has 0 aliphatic heterocycles. The Kier molecular flexibility index (Phi) is 3.52. The molecule has 2 rings (SSSR count). The molecule has 0 saturated carbocycles. The van der Waals surface area contributed by atoms with Crippen LogP contribution < -0.4 is 11.3 Å². The van der Waals surface area contributed by atoms with Gasteiger partial charge in [0.05, 0.1) is 16.7 Å². The molecule has 2 aromatic heterocycles. The summed E-state index contributed by atoms with van der Waals surface area (Å²) >= 11 is 3.28. The van der Waals surface area contributed by atoms with Gasteiger partial charge in [0.15, 0.2) is 0 Å². The highest BCUT2D eigenvalue weighted by atomic mass is 79.9. The first-order valence-electron chi connectivity index (χ1n) is 5.54. The van der Waals surface area contributed by atoms with Crippen LogP contribution in [0.4, 0.5) is 5.69 Å². The molecule has 94 valence electrons. The predicted molar refractivity (Wildman–Crippen MR) is 75.6 cm³/mol. The molecule has 4 nitrogen and oxygen atoms in total. The van der Waals surface area contributed by atoms with Crippen molar-refractivity contribution in [3.8, 4) is 0 Å². The highest BCUT2D eigenvalue weighted by Crippen LogP contribution is 2.17. The van der Waals surface area contributed by atoms with E-state index >= 15 is 0 Å². The fraction of sp³-hybridized carbons (Fsp3) is 0.231. The Labute approximate surface area is 114 Å². The van der Waals surface area contributed by atoms with E-state index < -0.39 is 0 Å². The van der Waals surface area contributed by atoms with Crippen LogP contribution in [0, 0.1) is 13.8 Å². The molecule has 0 aliphatic carbocycles. The minimum Gasteiger partial charge on any atom is -0.397 e. The summed E-state index contributed by atoms with van der Waals surface area (Å²) in [5.41, 5.74) is 9.21. The van der Waals surface area contributed by atoms with Crippen molar-refractivity contribution in [2.75, 3.05) is 5.73 Å². The number of nitrogens with zero attached hydrogens (tertiary/aromatic N) is 2. The molecule has 0 aliphatic rings. The second-order valence-corrected chi connectivity index (χ2v) is 5.12. The van der Waals surface area contributed by atoms with E-state index in [0.717, 1.165) is 16.7 Å². The van der Waals surface area contributed by atoms with Gasteiger partial charge in [0.25, 0.3) is 5.56 Å². The standard InChI is InChI=1S/C13H14BrN3O/c1-8-3-10(5-16-4-8)6-17-7-11(15)9(2)12(14)13(17)18/h3-5,7H,6,15H2,1-2H3. The Morgan fingerprint density at radius 3 is 2.78 bits per heavy atom. The van der Waals surface area contributed by atoms with Gasteiger partial charge in [-0.05, 0) is 46.5 Å². The van der Waals surface area contributed by atoms with Crippen LogP contribution in [0.5, 0.6) is 0 Å². The molecular weight excluding hydrogens is 294 g/mol. The number of rotatable bonds is 2. The number of aromatic nitrogens is 2. The maximum absolute atomic E-state index is 12.1. The Morgan fingerprint density at radius 2 is 2.11 bits per heavy atom. The van der Waals surface area contributed by atoms with Crippen LogP contribution in [-0.2, 0) is 6.54 Å². The summed E-state index contributed by atoms with van der Waals surface area (Å²) in [7, 11) is 0. The molecule has 0 radical (unpaired) electrons. The van der Waals surface area contributed by atoms with Gasteiger partial charge in [0.2, 0.25) is 0 Å². The lowest BCUT2D eigenvalue weighted by atomic mass is 10.2. The molecule has 5 heteroatoms. The zero-order valence-corrected chi connectivity index (χ0v) is 11.9. The third-order valence-corrected chi connectivity index (χ3v) is 3.72. The van der Waals surface area contributed by atoms with Crippen LogP contribution in [0.2, 0.25) is 0 Å². The minimum atomic E-state index is -0.0804. The van der Waals surface area contributed by atoms with Crippen molar-refractivity contribution in [1.29, 1.82) is 0 Å². The Balaban J connectivity index is 2.44. The normalized spacial score (nSPS) is 10.6. The Morgan fingerprint density at radius 1 is 1.39 bits per heavy atom. The van der Waals surface area contributed by atoms with E-state index in [1.165, 1.54) is 0 Å². The lowest BCUT2D eigenvalue weighted by Crippen LogP contribution is -2.22. The Hall–Kier alpha value is -1.62. The van der Waals surface area contributed by atoms with Crippen molar-refractivity contribution < 1.29 is 0 Å². The number of anilines is 1. The van der Waals surface area contributed by atoms with Crippen LogP contribution in [0.3, 0.4) is 0 Å². The lowest BCUT2D eigenvalue weighted by molar-refractivity contribution is 0.750. The van der Waals surface area contributed by atoms with Crippen molar-refractivity contribution in [3.63, 3.8) is 0 Å². The SMILES string of the molecule is Cc1cncc(Cn2cc(N)c(C)c(Br)c2=O)c1. The molecule has 2 N–H and O–H groups in total. The molecule has 0 saturated heterocycles. The van der Waals surface area contributed by atoms with Crippen molar-refractivity contribution in [1.82, 2.24) is 9.55 Å². The van der Waals surface area contributed by atoms with Crippen LogP contribution >= 0.6 is 15.9 Å². The fourth-order valence-corrected chi connectivity index (χ4v) is 2.21. The number of pyridine rings is 2. The monoisotopic (exact) mass is 307 g/mol. The molecule has 0 atom stereocenters. The smallest absolute Gasteiger partial charge is 0.265 e. The highest BCUT2D eigenvalue weighted by Gasteiger charge is 2.08. The van der Waals surface area contributed by atoms with Crippen LogP contribution in [0.25, 0.3) is 0 Å². The number of aryl methyl sites for hydroxylation is 1. The number of hydrogen-bond donors (Lipinski definition) is 1. The fourth-order valence-electron chi connectivity index (χ4n) is 1.75. The van der Waals surface area contributed by atoms with Gasteiger partial charge >= 0.3 is 0 Å². The number of nitrogens with two attached hydrogens (primary N) is 1. The van der Waals surface area contributed by atoms with E-state index in [2.05, 4.69) is 20.9 Å². The van der Waals surface area contributed by atoms with Crippen molar-refractivity contribution in [2.45, 2.75) is 20.4 Å². The van der Waals surface area contributed by atoms with Gasteiger partial charge in [-0.3, -0.25) is 9.78 Å². The van der Waals surface area contributed by atoms with Crippen LogP contribution in [0.15, 0.2) is 33.9 Å². The largest absolute Gasteiger partial charge is 0.397 e. The zero-order valence-electron chi connectivity index (χ0n) is 10.3. The van der Waals surface area contributed by atoms with Gasteiger partial charge in [-0.25, -0.2) is 0 Å². The molecular formula is C13H14BrN3O. The summed E-state index contributed by atoms with van der Waals surface area (Å²) in [5.74, 6) is 0. The summed E-state index contributed by atoms with van der Waals surface area (Å²) in [5, 5.41) is 0. The predicted octanol–water partition coefficient (Wildman–Crippen LogP) is 2.25. The van der Waals surface area contributed by atoms with E-state index in [0.29, 0.717) is 16.7 Å². The average Bonchev–Trinajstić information content (AvgIpc) is 2.33. The maximum atomic E-state index is 12.1. The molecule has 0 fully saturated rings. The third kappa shape index (κ3) is 2.46. The van der Waals surface area contributed by atoms with E-state index in [4.69, 9.17) is 5.73 Å². The molecule has 0 spiro atoms. The second kappa shape index (κ2) is 4.94. The maximum Gasteiger partial charge on any atom is 0.265 e. The van der Waals surface area contributed by atoms with Crippen LogP contribution in [0.1, 0.15) is 16.7 Å². The summed E-state index contributed by atoms with van der Waals surface area (Å²) < 4.78 is 2.10. The van der Waals surface area contributed by atoms with Gasteiger partial charge in [-0.15, -0.1) is 0 Å². The lowest BCUT2D eigenvalue weighted by Gasteiger charge is -2.10. The van der Waals surface area contributed by atoms with Crippen LogP contribution in [-0.4, -0.2) is 9.55 Å². The van der Waals surface area contributed by atoms with Gasteiger partial charge in [-0.1, -0.05) is 6.07 Å². The summed E-state index contributed by atoms with van der Waals surface area (Å²) in [6.07, 6.45) is 5.21. The molecule has 2 aromatic rings. The minimum absolute atomic E-state index is 0.0804. The first-order valence-corrected chi connectivity index (χ1v) is 6.34. The van der Waals surface area contributed by atoms with Crippen molar-refractivity contribution >= 4 is 21.6 Å². The molecule has 0 aromatic carbocycles. The first kappa shape index (κ1) is 12.8. The van der Waals surface area contributed by atoms with Gasteiger partial charge in [-0.2, -0.15) is 0 Å². The number of nitrogen functional groups attached to an aromatic ring is 1. The Bertz CT molecular complexity index is 649. The average molecular weight is 308 g/mol. The number of hydrogen-bond acceptors (Lipinski definition) is 3. The molecule has 0 amide bonds. The van der Waals surface area contributed by atoms with Gasteiger partial charge < -0.3 is 10.3 Å². The van der Waals surface area contributed by atoms with Crippen molar-refractivity contribution in [2.24, 2.45) is 0 Å². The van der Waals surface area contributed by atoms with E-state index in [-0.39, 0.29) is 5.56 Å². The van der Waals surface area contributed by atoms with E-state index in [1.807, 2.05) is 19.9 Å².